The van der Waals surface area contributed by atoms with Gasteiger partial charge in [-0.2, -0.15) is 0 Å². The maximum atomic E-state index is 14.4. The largest absolute Gasteiger partial charge is 0.370 e. The Morgan fingerprint density at radius 3 is 2.60 bits per heavy atom. The molecule has 3 aromatic rings. The third kappa shape index (κ3) is 5.29. The van der Waals surface area contributed by atoms with Gasteiger partial charge in [0.2, 0.25) is 10.0 Å². The molecule has 0 radical (unpaired) electrons. The Labute approximate surface area is 237 Å². The molecule has 3 aliphatic rings. The highest BCUT2D eigenvalue weighted by Crippen LogP contribution is 2.41. The van der Waals surface area contributed by atoms with Crippen molar-refractivity contribution in [1.82, 2.24) is 9.29 Å². The fourth-order valence-electron chi connectivity index (χ4n) is 6.32. The number of hydrogen-bond donors (Lipinski definition) is 1. The minimum atomic E-state index is -3.25. The van der Waals surface area contributed by atoms with Crippen molar-refractivity contribution in [2.24, 2.45) is 0 Å². The van der Waals surface area contributed by atoms with Crippen LogP contribution < -0.4 is 15.1 Å². The number of hydrogen-bond acceptors (Lipinski definition) is 6. The molecule has 9 heteroatoms. The van der Waals surface area contributed by atoms with Gasteiger partial charge in [-0.15, -0.1) is 0 Å². The molecular weight excluding hydrogens is 525 g/mol. The van der Waals surface area contributed by atoms with Crippen molar-refractivity contribution in [3.8, 4) is 0 Å². The van der Waals surface area contributed by atoms with Crippen molar-refractivity contribution >= 4 is 32.9 Å². The lowest BCUT2D eigenvalue weighted by molar-refractivity contribution is 0.452. The van der Waals surface area contributed by atoms with Crippen LogP contribution in [0.3, 0.4) is 0 Å². The number of halogens is 1. The Kier molecular flexibility index (Phi) is 7.21. The van der Waals surface area contributed by atoms with E-state index in [0.717, 1.165) is 60.5 Å². The summed E-state index contributed by atoms with van der Waals surface area (Å²) in [6.07, 6.45) is 5.45. The second kappa shape index (κ2) is 10.7. The zero-order valence-electron chi connectivity index (χ0n) is 23.4. The van der Waals surface area contributed by atoms with Gasteiger partial charge in [-0.3, -0.25) is 0 Å². The highest BCUT2D eigenvalue weighted by molar-refractivity contribution is 7.89. The van der Waals surface area contributed by atoms with Gasteiger partial charge in [0.25, 0.3) is 0 Å². The molecule has 3 aliphatic heterocycles. The van der Waals surface area contributed by atoms with Crippen molar-refractivity contribution in [1.29, 1.82) is 0 Å². The number of para-hydroxylation sites is 1. The number of rotatable bonds is 7. The fourth-order valence-corrected chi connectivity index (χ4v) is 7.84. The molecule has 1 aromatic heterocycles. The van der Waals surface area contributed by atoms with E-state index < -0.39 is 10.0 Å². The first-order valence-electron chi connectivity index (χ1n) is 14.3. The number of anilines is 4. The third-order valence-electron chi connectivity index (χ3n) is 8.75. The zero-order chi connectivity index (χ0) is 27.9. The van der Waals surface area contributed by atoms with Gasteiger partial charge in [0.15, 0.2) is 0 Å². The average molecular weight is 564 g/mol. The normalized spacial score (nSPS) is 18.9. The molecule has 1 N–H and O–H groups in total. The minimum absolute atomic E-state index is 0.0124. The van der Waals surface area contributed by atoms with Crippen molar-refractivity contribution < 1.29 is 12.8 Å². The SMILES string of the molecule is CC1(C)CCN(CCS(=O)(=O)N2CCCC2)c2cc(Nc3nccc4c3CCN(c3ccccc3F)C4)ccc21. The van der Waals surface area contributed by atoms with Crippen molar-refractivity contribution in [3.63, 3.8) is 0 Å². The average Bonchev–Trinajstić information content (AvgIpc) is 3.49. The number of benzene rings is 2. The molecule has 40 heavy (non-hydrogen) atoms. The molecule has 4 heterocycles. The van der Waals surface area contributed by atoms with E-state index in [-0.39, 0.29) is 17.0 Å². The molecule has 0 unspecified atom stereocenters. The zero-order valence-corrected chi connectivity index (χ0v) is 24.2. The second-order valence-corrected chi connectivity index (χ2v) is 13.9. The Balaban J connectivity index is 1.23. The fraction of sp³-hybridized carbons (Fsp3) is 0.452. The Morgan fingerprint density at radius 2 is 1.80 bits per heavy atom. The quantitative estimate of drug-likeness (QED) is 0.413. The van der Waals surface area contributed by atoms with E-state index in [2.05, 4.69) is 52.1 Å². The van der Waals surface area contributed by atoms with Gasteiger partial charge in [0.1, 0.15) is 11.6 Å². The molecule has 0 aliphatic carbocycles. The number of sulfonamides is 1. The molecule has 1 saturated heterocycles. The van der Waals surface area contributed by atoms with E-state index in [1.165, 1.54) is 11.6 Å². The maximum Gasteiger partial charge on any atom is 0.215 e. The summed E-state index contributed by atoms with van der Waals surface area (Å²) in [5.74, 6) is 0.758. The van der Waals surface area contributed by atoms with Crippen molar-refractivity contribution in [2.45, 2.75) is 51.5 Å². The summed E-state index contributed by atoms with van der Waals surface area (Å²) in [6, 6.07) is 15.4. The Hall–Kier alpha value is -3.17. The van der Waals surface area contributed by atoms with Crippen LogP contribution in [0.1, 0.15) is 49.8 Å². The van der Waals surface area contributed by atoms with E-state index in [9.17, 15) is 12.8 Å². The molecule has 0 saturated carbocycles. The van der Waals surface area contributed by atoms with Crippen LogP contribution in [0.5, 0.6) is 0 Å². The molecule has 0 bridgehead atoms. The van der Waals surface area contributed by atoms with Crippen LogP contribution >= 0.6 is 0 Å². The van der Waals surface area contributed by atoms with E-state index in [4.69, 9.17) is 0 Å². The predicted octanol–water partition coefficient (Wildman–Crippen LogP) is 5.44. The number of nitrogens with one attached hydrogen (secondary N) is 1. The molecule has 0 amide bonds. The van der Waals surface area contributed by atoms with Gasteiger partial charge >= 0.3 is 0 Å². The molecular formula is C31H38FN5O2S. The van der Waals surface area contributed by atoms with Crippen LogP contribution in [0.15, 0.2) is 54.7 Å². The van der Waals surface area contributed by atoms with Crippen LogP contribution in [0.4, 0.5) is 27.3 Å². The summed E-state index contributed by atoms with van der Waals surface area (Å²) >= 11 is 0. The first kappa shape index (κ1) is 27.0. The molecule has 2 aromatic carbocycles. The lowest BCUT2D eigenvalue weighted by Crippen LogP contribution is -2.41. The van der Waals surface area contributed by atoms with E-state index in [0.29, 0.717) is 38.4 Å². The lowest BCUT2D eigenvalue weighted by atomic mass is 9.77. The molecule has 6 rings (SSSR count). The van der Waals surface area contributed by atoms with Gasteiger partial charge in [0, 0.05) is 62.4 Å². The first-order chi connectivity index (χ1) is 19.2. The number of nitrogens with zero attached hydrogens (tertiary/aromatic N) is 4. The molecule has 1 fully saturated rings. The summed E-state index contributed by atoms with van der Waals surface area (Å²) in [4.78, 5) is 8.99. The smallest absolute Gasteiger partial charge is 0.215 e. The highest BCUT2D eigenvalue weighted by atomic mass is 32.2. The Bertz CT molecular complexity index is 1500. The van der Waals surface area contributed by atoms with Gasteiger partial charge in [-0.05, 0) is 72.6 Å². The summed E-state index contributed by atoms with van der Waals surface area (Å²) < 4.78 is 42.0. The highest BCUT2D eigenvalue weighted by Gasteiger charge is 2.33. The third-order valence-corrected chi connectivity index (χ3v) is 10.6. The number of pyridine rings is 1. The molecule has 0 spiro atoms. The van der Waals surface area contributed by atoms with Crippen LogP contribution in [0.25, 0.3) is 0 Å². The maximum absolute atomic E-state index is 14.4. The summed E-state index contributed by atoms with van der Waals surface area (Å²) in [7, 11) is -3.25. The number of aromatic nitrogens is 1. The van der Waals surface area contributed by atoms with Crippen LogP contribution in [-0.2, 0) is 28.4 Å². The summed E-state index contributed by atoms with van der Waals surface area (Å²) in [5.41, 5.74) is 6.20. The van der Waals surface area contributed by atoms with Crippen LogP contribution in [0.2, 0.25) is 0 Å². The van der Waals surface area contributed by atoms with Gasteiger partial charge < -0.3 is 15.1 Å². The minimum Gasteiger partial charge on any atom is -0.370 e. The molecule has 7 nitrogen and oxygen atoms in total. The molecule has 212 valence electrons. The first-order valence-corrected chi connectivity index (χ1v) is 15.9. The molecule has 0 atom stereocenters. The van der Waals surface area contributed by atoms with E-state index >= 15 is 0 Å². The van der Waals surface area contributed by atoms with Crippen LogP contribution in [0, 0.1) is 5.82 Å². The monoisotopic (exact) mass is 563 g/mol. The second-order valence-electron chi connectivity index (χ2n) is 11.8. The van der Waals surface area contributed by atoms with Gasteiger partial charge in [0.05, 0.1) is 11.4 Å². The number of fused-ring (bicyclic) bond motifs is 2. The predicted molar refractivity (Wildman–Crippen MR) is 160 cm³/mol. The standard InChI is InChI=1S/C31H38FN5O2S/c1-31(2)13-18-35(19-20-40(38,39)37-15-5-6-16-37)29-21-24(9-10-26(29)31)34-30-25-12-17-36(22-23(25)11-14-33-30)28-8-4-3-7-27(28)32/h3-4,7-11,14,21H,5-6,12-13,15-20,22H2,1-2H3,(H,33,34). The summed E-state index contributed by atoms with van der Waals surface area (Å²) in [5, 5.41) is 3.56. The van der Waals surface area contributed by atoms with Gasteiger partial charge in [-0.1, -0.05) is 32.0 Å². The lowest BCUT2D eigenvalue weighted by Gasteiger charge is -2.40. The van der Waals surface area contributed by atoms with Crippen LogP contribution in [-0.4, -0.2) is 56.2 Å². The van der Waals surface area contributed by atoms with E-state index in [1.54, 1.807) is 10.4 Å². The van der Waals surface area contributed by atoms with E-state index in [1.807, 2.05) is 24.4 Å². The van der Waals surface area contributed by atoms with Gasteiger partial charge in [-0.25, -0.2) is 22.1 Å². The van der Waals surface area contributed by atoms with Crippen molar-refractivity contribution in [2.75, 3.05) is 53.6 Å². The Morgan fingerprint density at radius 1 is 1.00 bits per heavy atom. The summed E-state index contributed by atoms with van der Waals surface area (Å²) in [6.45, 7) is 8.46. The van der Waals surface area contributed by atoms with Crippen molar-refractivity contribution in [3.05, 3.63) is 77.2 Å². The topological polar surface area (TPSA) is 68.8 Å².